The van der Waals surface area contributed by atoms with Gasteiger partial charge in [-0.25, -0.2) is 0 Å². The minimum absolute atomic E-state index is 0.0143. The average molecular weight is 341 g/mol. The molecule has 1 aliphatic carbocycles. The summed E-state index contributed by atoms with van der Waals surface area (Å²) in [4.78, 5) is 26.7. The summed E-state index contributed by atoms with van der Waals surface area (Å²) < 4.78 is 0. The van der Waals surface area contributed by atoms with E-state index in [1.165, 1.54) is 0 Å². The van der Waals surface area contributed by atoms with Gasteiger partial charge in [0.05, 0.1) is 17.4 Å². The van der Waals surface area contributed by atoms with E-state index in [9.17, 15) is 9.59 Å². The van der Waals surface area contributed by atoms with Crippen molar-refractivity contribution in [1.29, 1.82) is 0 Å². The Bertz CT molecular complexity index is 629. The highest BCUT2D eigenvalue weighted by Gasteiger charge is 2.62. The lowest BCUT2D eigenvalue weighted by molar-refractivity contribution is -0.137. The van der Waals surface area contributed by atoms with Crippen molar-refractivity contribution in [2.45, 2.75) is 31.7 Å². The fourth-order valence-corrected chi connectivity index (χ4v) is 4.81. The van der Waals surface area contributed by atoms with E-state index in [0.717, 1.165) is 18.4 Å². The highest BCUT2D eigenvalue weighted by Crippen LogP contribution is 2.57. The zero-order chi connectivity index (χ0) is 16.1. The predicted molar refractivity (Wildman–Crippen MR) is 85.6 cm³/mol. The number of carbonyl (C=O) groups is 2. The molecule has 0 aromatic heterocycles. The van der Waals surface area contributed by atoms with Crippen LogP contribution in [0.25, 0.3) is 0 Å². The maximum absolute atomic E-state index is 12.7. The summed E-state index contributed by atoms with van der Waals surface area (Å²) in [5.74, 6) is -0.762. The van der Waals surface area contributed by atoms with Crippen LogP contribution in [0.3, 0.4) is 0 Å². The molecule has 0 bridgehead atoms. The van der Waals surface area contributed by atoms with Crippen LogP contribution in [0.1, 0.15) is 37.3 Å². The van der Waals surface area contributed by atoms with E-state index >= 15 is 0 Å². The van der Waals surface area contributed by atoms with Crippen LogP contribution >= 0.6 is 23.2 Å². The molecule has 0 spiro atoms. The summed E-state index contributed by atoms with van der Waals surface area (Å²) in [6, 6.07) is 4.77. The Labute approximate surface area is 139 Å². The van der Waals surface area contributed by atoms with Crippen molar-refractivity contribution in [1.82, 2.24) is 4.90 Å². The molecule has 1 aromatic carbocycles. The zero-order valence-corrected chi connectivity index (χ0v) is 13.8. The first-order chi connectivity index (χ1) is 10.4. The van der Waals surface area contributed by atoms with Crippen molar-refractivity contribution in [3.05, 3.63) is 33.8 Å². The van der Waals surface area contributed by atoms with Crippen LogP contribution in [0.4, 0.5) is 0 Å². The van der Waals surface area contributed by atoms with Crippen molar-refractivity contribution in [3.8, 4) is 0 Å². The van der Waals surface area contributed by atoms with Crippen molar-refractivity contribution in [2.24, 2.45) is 17.1 Å². The number of likely N-dealkylation sites (tertiary alicyclic amines) is 1. The molecule has 22 heavy (non-hydrogen) atoms. The van der Waals surface area contributed by atoms with E-state index in [1.807, 2.05) is 0 Å². The first-order valence-electron chi connectivity index (χ1n) is 7.40. The molecule has 2 fully saturated rings. The van der Waals surface area contributed by atoms with Gasteiger partial charge < -0.3 is 10.6 Å². The smallest absolute Gasteiger partial charge is 0.227 e. The fourth-order valence-electron chi connectivity index (χ4n) is 4.27. The fraction of sp³-hybridized carbons (Fsp3) is 0.500. The van der Waals surface area contributed by atoms with Crippen molar-refractivity contribution < 1.29 is 9.59 Å². The lowest BCUT2D eigenvalue weighted by Crippen LogP contribution is -2.47. The molecule has 3 atom stereocenters. The molecule has 2 aliphatic rings. The number of fused-ring (bicyclic) bond motifs is 1. The van der Waals surface area contributed by atoms with E-state index in [0.29, 0.717) is 22.9 Å². The Hall–Kier alpha value is -1.26. The molecule has 0 radical (unpaired) electrons. The SMILES string of the molecule is CN1C(=O)C2CCCC[C@@]2(C(N)=O)[C@H]1c1cc(Cl)cc(Cl)c1. The lowest BCUT2D eigenvalue weighted by atomic mass is 9.63. The molecule has 1 unspecified atom stereocenters. The largest absolute Gasteiger partial charge is 0.369 e. The highest BCUT2D eigenvalue weighted by atomic mass is 35.5. The van der Waals surface area contributed by atoms with Gasteiger partial charge >= 0.3 is 0 Å². The molecule has 1 saturated carbocycles. The minimum atomic E-state index is -0.863. The van der Waals surface area contributed by atoms with Crippen LogP contribution in [-0.4, -0.2) is 23.8 Å². The second kappa shape index (κ2) is 5.43. The van der Waals surface area contributed by atoms with Gasteiger partial charge in [0.15, 0.2) is 0 Å². The second-order valence-electron chi connectivity index (χ2n) is 6.26. The summed E-state index contributed by atoms with van der Waals surface area (Å²) >= 11 is 12.2. The number of primary amides is 1. The van der Waals surface area contributed by atoms with Gasteiger partial charge in [-0.05, 0) is 36.6 Å². The molecule has 1 aromatic rings. The van der Waals surface area contributed by atoms with Crippen LogP contribution in [0, 0.1) is 11.3 Å². The Balaban J connectivity index is 2.18. The normalized spacial score (nSPS) is 31.2. The Morgan fingerprint density at radius 3 is 2.50 bits per heavy atom. The molecule has 1 heterocycles. The molecule has 4 nitrogen and oxygen atoms in total. The van der Waals surface area contributed by atoms with Crippen molar-refractivity contribution >= 4 is 35.0 Å². The van der Waals surface area contributed by atoms with E-state index in [2.05, 4.69) is 0 Å². The Morgan fingerprint density at radius 2 is 1.91 bits per heavy atom. The number of amides is 2. The van der Waals surface area contributed by atoms with Gasteiger partial charge in [-0.15, -0.1) is 0 Å². The number of nitrogens with zero attached hydrogens (tertiary/aromatic N) is 1. The third-order valence-corrected chi connectivity index (χ3v) is 5.57. The summed E-state index contributed by atoms with van der Waals surface area (Å²) in [5, 5.41) is 0.976. The van der Waals surface area contributed by atoms with Crippen LogP contribution in [0.2, 0.25) is 10.0 Å². The Morgan fingerprint density at radius 1 is 1.27 bits per heavy atom. The van der Waals surface area contributed by atoms with Gasteiger partial charge in [-0.3, -0.25) is 9.59 Å². The van der Waals surface area contributed by atoms with E-state index in [4.69, 9.17) is 28.9 Å². The monoisotopic (exact) mass is 340 g/mol. The number of benzene rings is 1. The number of nitrogens with two attached hydrogens (primary N) is 1. The second-order valence-corrected chi connectivity index (χ2v) is 7.13. The first-order valence-corrected chi connectivity index (χ1v) is 8.16. The van der Waals surface area contributed by atoms with Gasteiger partial charge in [-0.2, -0.15) is 0 Å². The van der Waals surface area contributed by atoms with Crippen molar-refractivity contribution in [2.75, 3.05) is 7.05 Å². The van der Waals surface area contributed by atoms with Gasteiger partial charge in [-0.1, -0.05) is 36.0 Å². The molecule has 1 aliphatic heterocycles. The molecule has 2 amide bonds. The van der Waals surface area contributed by atoms with Crippen LogP contribution in [0.15, 0.2) is 18.2 Å². The number of hydrogen-bond acceptors (Lipinski definition) is 2. The summed E-state index contributed by atoms with van der Waals surface area (Å²) in [5.41, 5.74) is 5.70. The molecular formula is C16H18Cl2N2O2. The number of carbonyl (C=O) groups excluding carboxylic acids is 2. The minimum Gasteiger partial charge on any atom is -0.369 e. The summed E-state index contributed by atoms with van der Waals surface area (Å²) in [6.07, 6.45) is 3.17. The van der Waals surface area contributed by atoms with Gasteiger partial charge in [0.2, 0.25) is 11.8 Å². The van der Waals surface area contributed by atoms with Crippen molar-refractivity contribution in [3.63, 3.8) is 0 Å². The number of rotatable bonds is 2. The maximum atomic E-state index is 12.7. The molecule has 1 saturated heterocycles. The standard InChI is InChI=1S/C16H18Cl2N2O2/c1-20-13(9-6-10(17)8-11(18)7-9)16(15(19)22)5-3-2-4-12(16)14(20)21/h6-8,12-13H,2-5H2,1H3,(H2,19,22)/t12?,13-,16+/m1/s1. The Kier molecular flexibility index (Phi) is 3.86. The third kappa shape index (κ3) is 2.12. The lowest BCUT2D eigenvalue weighted by Gasteiger charge is -2.39. The molecular weight excluding hydrogens is 323 g/mol. The molecule has 6 heteroatoms. The number of halogens is 2. The average Bonchev–Trinajstić information content (AvgIpc) is 2.68. The van der Waals surface area contributed by atoms with Crippen LogP contribution in [0.5, 0.6) is 0 Å². The zero-order valence-electron chi connectivity index (χ0n) is 12.3. The maximum Gasteiger partial charge on any atom is 0.227 e. The first kappa shape index (κ1) is 15.6. The summed E-state index contributed by atoms with van der Waals surface area (Å²) in [7, 11) is 1.73. The number of hydrogen-bond donors (Lipinski definition) is 1. The molecule has 3 rings (SSSR count). The van der Waals surface area contributed by atoms with E-state index in [1.54, 1.807) is 30.1 Å². The molecule has 118 valence electrons. The quantitative estimate of drug-likeness (QED) is 0.898. The molecule has 2 N–H and O–H groups in total. The predicted octanol–water partition coefficient (Wildman–Crippen LogP) is 3.17. The van der Waals surface area contributed by atoms with E-state index < -0.39 is 17.4 Å². The van der Waals surface area contributed by atoms with E-state index in [-0.39, 0.29) is 11.8 Å². The highest BCUT2D eigenvalue weighted by molar-refractivity contribution is 6.34. The third-order valence-electron chi connectivity index (χ3n) is 5.14. The summed E-state index contributed by atoms with van der Waals surface area (Å²) in [6.45, 7) is 0. The topological polar surface area (TPSA) is 63.4 Å². The van der Waals surface area contributed by atoms with Gasteiger partial charge in [0.1, 0.15) is 0 Å². The van der Waals surface area contributed by atoms with Crippen LogP contribution in [-0.2, 0) is 9.59 Å². The van der Waals surface area contributed by atoms with Crippen LogP contribution < -0.4 is 5.73 Å². The van der Waals surface area contributed by atoms with Gasteiger partial charge in [0, 0.05) is 17.1 Å². The van der Waals surface area contributed by atoms with Gasteiger partial charge in [0.25, 0.3) is 0 Å².